The molecule has 2 heterocycles. The van der Waals surface area contributed by atoms with E-state index in [-0.39, 0.29) is 49.6 Å². The molecule has 166 valence electrons. The molecular weight excluding hydrogens is 409 g/mol. The molecule has 3 amide bonds. The topological polar surface area (TPSA) is 60.9 Å². The zero-order valence-electron chi connectivity index (χ0n) is 18.1. The van der Waals surface area contributed by atoms with E-state index in [4.69, 9.17) is 0 Å². The number of hydrogen-bond acceptors (Lipinski definition) is 3. The van der Waals surface area contributed by atoms with Crippen LogP contribution in [0, 0.1) is 5.82 Å². The minimum Gasteiger partial charge on any atom is -0.334 e. The maximum atomic E-state index is 14.1. The molecule has 0 N–H and O–H groups in total. The smallest absolute Gasteiger partial charge is 0.257 e. The molecule has 0 radical (unpaired) electrons. The lowest BCUT2D eigenvalue weighted by molar-refractivity contribution is -0.131. The first-order valence-electron chi connectivity index (χ1n) is 10.7. The van der Waals surface area contributed by atoms with E-state index in [2.05, 4.69) is 6.58 Å². The molecule has 1 saturated heterocycles. The number of nitrogens with zero attached hydrogens (tertiary/aromatic N) is 3. The largest absolute Gasteiger partial charge is 0.334 e. The summed E-state index contributed by atoms with van der Waals surface area (Å²) in [5, 5.41) is 0. The van der Waals surface area contributed by atoms with Crippen LogP contribution >= 0.6 is 0 Å². The van der Waals surface area contributed by atoms with Crippen molar-refractivity contribution in [3.8, 4) is 0 Å². The number of para-hydroxylation sites is 1. The average Bonchev–Trinajstić information content (AvgIpc) is 3.09. The van der Waals surface area contributed by atoms with Gasteiger partial charge in [0.25, 0.3) is 5.91 Å². The second-order valence-corrected chi connectivity index (χ2v) is 8.32. The highest BCUT2D eigenvalue weighted by atomic mass is 19.1. The number of benzene rings is 2. The Morgan fingerprint density at radius 2 is 1.91 bits per heavy atom. The van der Waals surface area contributed by atoms with Crippen molar-refractivity contribution in [2.24, 2.45) is 0 Å². The lowest BCUT2D eigenvalue weighted by Gasteiger charge is -2.48. The monoisotopic (exact) mass is 435 g/mol. The lowest BCUT2D eigenvalue weighted by atomic mass is 9.98. The summed E-state index contributed by atoms with van der Waals surface area (Å²) in [7, 11) is 0. The Balaban J connectivity index is 1.55. The molecule has 0 saturated carbocycles. The van der Waals surface area contributed by atoms with Crippen molar-refractivity contribution in [1.82, 2.24) is 9.80 Å². The first-order chi connectivity index (χ1) is 15.4. The summed E-state index contributed by atoms with van der Waals surface area (Å²) in [6, 6.07) is 13.4. The number of hydrogen-bond donors (Lipinski definition) is 0. The fourth-order valence-corrected chi connectivity index (χ4v) is 4.65. The standard InChI is InChI=1S/C25H26FN3O3/c1-3-15-27(17-18-8-4-6-10-20(18)26)22(30)13-16-28-24(32)19-9-5-7-11-21(19)29-23(31)12-14-25(28,29)2/h3-11H,1,12-17H2,2H3. The van der Waals surface area contributed by atoms with E-state index in [0.29, 0.717) is 29.7 Å². The van der Waals surface area contributed by atoms with Gasteiger partial charge in [0.05, 0.1) is 11.3 Å². The number of carbonyl (C=O) groups excluding carboxylic acids is 3. The summed E-state index contributed by atoms with van der Waals surface area (Å²) in [5.74, 6) is -0.799. The first kappa shape index (κ1) is 21.7. The first-order valence-corrected chi connectivity index (χ1v) is 10.7. The van der Waals surface area contributed by atoms with Crippen molar-refractivity contribution in [2.75, 3.05) is 18.0 Å². The van der Waals surface area contributed by atoms with Crippen LogP contribution in [0.4, 0.5) is 10.1 Å². The average molecular weight is 435 g/mol. The molecule has 0 aromatic heterocycles. The van der Waals surface area contributed by atoms with Crippen molar-refractivity contribution in [3.63, 3.8) is 0 Å². The van der Waals surface area contributed by atoms with Crippen LogP contribution in [0.25, 0.3) is 0 Å². The van der Waals surface area contributed by atoms with E-state index in [0.717, 1.165) is 0 Å². The third-order valence-electron chi connectivity index (χ3n) is 6.32. The molecule has 7 heteroatoms. The third-order valence-corrected chi connectivity index (χ3v) is 6.32. The molecule has 6 nitrogen and oxygen atoms in total. The van der Waals surface area contributed by atoms with Crippen molar-refractivity contribution in [1.29, 1.82) is 0 Å². The molecule has 32 heavy (non-hydrogen) atoms. The lowest BCUT2D eigenvalue weighted by Crippen LogP contribution is -2.62. The molecule has 0 bridgehead atoms. The summed E-state index contributed by atoms with van der Waals surface area (Å²) in [6.45, 7) is 6.13. The summed E-state index contributed by atoms with van der Waals surface area (Å²) < 4.78 is 14.1. The van der Waals surface area contributed by atoms with Crippen LogP contribution in [0.2, 0.25) is 0 Å². The van der Waals surface area contributed by atoms with Gasteiger partial charge >= 0.3 is 0 Å². The molecule has 2 aromatic rings. The van der Waals surface area contributed by atoms with E-state index in [1.807, 2.05) is 13.0 Å². The molecule has 1 atom stereocenters. The molecule has 2 aliphatic heterocycles. The minimum atomic E-state index is -0.808. The van der Waals surface area contributed by atoms with Gasteiger partial charge in [-0.3, -0.25) is 19.3 Å². The maximum Gasteiger partial charge on any atom is 0.257 e. The highest BCUT2D eigenvalue weighted by Gasteiger charge is 2.52. The van der Waals surface area contributed by atoms with Crippen molar-refractivity contribution in [3.05, 3.63) is 78.1 Å². The Bertz CT molecular complexity index is 1090. The van der Waals surface area contributed by atoms with Crippen molar-refractivity contribution >= 4 is 23.4 Å². The maximum absolute atomic E-state index is 14.1. The summed E-state index contributed by atoms with van der Waals surface area (Å²) in [4.78, 5) is 43.9. The summed E-state index contributed by atoms with van der Waals surface area (Å²) in [5.41, 5.74) is 0.697. The number of halogens is 1. The van der Waals surface area contributed by atoms with Gasteiger partial charge in [0, 0.05) is 38.0 Å². The van der Waals surface area contributed by atoms with E-state index in [1.165, 1.54) is 11.0 Å². The second kappa shape index (κ2) is 8.57. The van der Waals surface area contributed by atoms with E-state index in [1.54, 1.807) is 52.3 Å². The Hall–Kier alpha value is -3.48. The van der Waals surface area contributed by atoms with Crippen molar-refractivity contribution < 1.29 is 18.8 Å². The van der Waals surface area contributed by atoms with Crippen LogP contribution in [0.5, 0.6) is 0 Å². The van der Waals surface area contributed by atoms with Crippen LogP contribution in [-0.2, 0) is 16.1 Å². The predicted octanol–water partition coefficient (Wildman–Crippen LogP) is 3.73. The zero-order chi connectivity index (χ0) is 22.9. The molecule has 1 fully saturated rings. The zero-order valence-corrected chi connectivity index (χ0v) is 18.1. The number of fused-ring (bicyclic) bond motifs is 3. The second-order valence-electron chi connectivity index (χ2n) is 8.32. The highest BCUT2D eigenvalue weighted by molar-refractivity contribution is 6.10. The van der Waals surface area contributed by atoms with E-state index >= 15 is 0 Å². The van der Waals surface area contributed by atoms with E-state index < -0.39 is 5.66 Å². The van der Waals surface area contributed by atoms with Crippen LogP contribution in [-0.4, -0.2) is 46.3 Å². The van der Waals surface area contributed by atoms with Gasteiger partial charge in [-0.25, -0.2) is 4.39 Å². The quantitative estimate of drug-likeness (QED) is 0.623. The fraction of sp³-hybridized carbons (Fsp3) is 0.320. The van der Waals surface area contributed by atoms with Crippen LogP contribution in [0.3, 0.4) is 0 Å². The van der Waals surface area contributed by atoms with Gasteiger partial charge in [-0.15, -0.1) is 6.58 Å². The van der Waals surface area contributed by atoms with Gasteiger partial charge in [0.15, 0.2) is 0 Å². The minimum absolute atomic E-state index is 0.0309. The Kier molecular flexibility index (Phi) is 5.82. The predicted molar refractivity (Wildman–Crippen MR) is 119 cm³/mol. The van der Waals surface area contributed by atoms with Gasteiger partial charge < -0.3 is 9.80 Å². The van der Waals surface area contributed by atoms with Crippen LogP contribution < -0.4 is 4.90 Å². The molecule has 4 rings (SSSR count). The highest BCUT2D eigenvalue weighted by Crippen LogP contribution is 2.44. The third kappa shape index (κ3) is 3.68. The molecule has 1 unspecified atom stereocenters. The summed E-state index contributed by atoms with van der Waals surface area (Å²) >= 11 is 0. The SMILES string of the molecule is C=CCN(Cc1ccccc1F)C(=O)CCN1C(=O)c2ccccc2N2C(=O)CCC12C. The molecule has 0 aliphatic carbocycles. The molecule has 2 aromatic carbocycles. The van der Waals surface area contributed by atoms with Gasteiger partial charge in [-0.2, -0.15) is 0 Å². The van der Waals surface area contributed by atoms with Gasteiger partial charge in [-0.1, -0.05) is 36.4 Å². The summed E-state index contributed by atoms with van der Waals surface area (Å²) in [6.07, 6.45) is 2.51. The fourth-order valence-electron chi connectivity index (χ4n) is 4.65. The number of carbonyl (C=O) groups is 3. The van der Waals surface area contributed by atoms with Gasteiger partial charge in [0.2, 0.25) is 11.8 Å². The van der Waals surface area contributed by atoms with Crippen molar-refractivity contribution in [2.45, 2.75) is 38.4 Å². The van der Waals surface area contributed by atoms with Gasteiger partial charge in [-0.05, 0) is 31.5 Å². The Morgan fingerprint density at radius 3 is 2.66 bits per heavy atom. The Labute approximate surface area is 186 Å². The number of anilines is 1. The normalized spacial score (nSPS) is 19.6. The molecular formula is C25H26FN3O3. The van der Waals surface area contributed by atoms with E-state index in [9.17, 15) is 18.8 Å². The molecule has 2 aliphatic rings. The Morgan fingerprint density at radius 1 is 1.19 bits per heavy atom. The molecule has 0 spiro atoms. The van der Waals surface area contributed by atoms with Crippen LogP contribution in [0.1, 0.15) is 42.1 Å². The van der Waals surface area contributed by atoms with Gasteiger partial charge in [0.1, 0.15) is 11.5 Å². The van der Waals surface area contributed by atoms with Crippen LogP contribution in [0.15, 0.2) is 61.2 Å². The number of rotatable bonds is 7. The number of amides is 3.